The van der Waals surface area contributed by atoms with E-state index in [1.165, 1.54) is 16.9 Å². The van der Waals surface area contributed by atoms with Crippen LogP contribution in [0.1, 0.15) is 40.7 Å². The highest BCUT2D eigenvalue weighted by Crippen LogP contribution is 2.23. The topological polar surface area (TPSA) is 51.0 Å². The van der Waals surface area contributed by atoms with Crippen molar-refractivity contribution in [2.45, 2.75) is 32.2 Å². The molecule has 0 spiro atoms. The van der Waals surface area contributed by atoms with Crippen LogP contribution in [0.25, 0.3) is 5.69 Å². The lowest BCUT2D eigenvalue weighted by molar-refractivity contribution is 0.0672. The van der Waals surface area contributed by atoms with Gasteiger partial charge in [0.1, 0.15) is 5.82 Å². The molecule has 0 radical (unpaired) electrons. The van der Waals surface area contributed by atoms with Gasteiger partial charge in [-0.05, 0) is 62.6 Å². The number of carbonyl (C=O) groups is 1. The maximum atomic E-state index is 13.5. The molecule has 1 amide bonds. The van der Waals surface area contributed by atoms with Gasteiger partial charge in [0.2, 0.25) is 0 Å². The minimum Gasteiger partial charge on any atom is -0.325 e. The number of hydrogen-bond donors (Lipinski definition) is 0. The van der Waals surface area contributed by atoms with Gasteiger partial charge in [-0.15, -0.1) is 0 Å². The van der Waals surface area contributed by atoms with E-state index >= 15 is 0 Å². The quantitative estimate of drug-likeness (QED) is 0.628. The summed E-state index contributed by atoms with van der Waals surface area (Å²) < 4.78 is 13.1. The Bertz CT molecular complexity index is 1060. The van der Waals surface area contributed by atoms with Crippen molar-refractivity contribution in [1.82, 2.24) is 19.9 Å². The average Bonchev–Trinajstić information content (AvgIpc) is 3.28. The number of halogens is 1. The van der Waals surface area contributed by atoms with E-state index in [0.717, 1.165) is 30.4 Å². The molecule has 1 aromatic heterocycles. The number of carbonyl (C=O) groups excluding carboxylic acids is 1. The van der Waals surface area contributed by atoms with Gasteiger partial charge in [0, 0.05) is 12.1 Å². The standard InChI is InChI=1S/C23H21FN4O/c1-17-5-12-22(28-25-13-14-26-28)21(16-17)23(29)27-15-3-2-4-20(27)11-8-18-6-9-19(24)10-7-18/h5-7,9-10,12-14,16,20H,2-4,15H2,1H3. The van der Waals surface area contributed by atoms with Crippen LogP contribution in [0.5, 0.6) is 0 Å². The van der Waals surface area contributed by atoms with Gasteiger partial charge in [-0.1, -0.05) is 23.5 Å². The highest BCUT2D eigenvalue weighted by molar-refractivity contribution is 5.98. The SMILES string of the molecule is Cc1ccc(-n2nccn2)c(C(=O)N2CCCCC2C#Cc2ccc(F)cc2)c1. The summed E-state index contributed by atoms with van der Waals surface area (Å²) in [6, 6.07) is 11.6. The Balaban J connectivity index is 1.65. The number of hydrogen-bond acceptors (Lipinski definition) is 3. The van der Waals surface area contributed by atoms with Crippen LogP contribution in [0.3, 0.4) is 0 Å². The molecule has 2 aromatic carbocycles. The molecule has 3 aromatic rings. The molecule has 1 fully saturated rings. The van der Waals surface area contributed by atoms with Crippen molar-refractivity contribution >= 4 is 5.91 Å². The largest absolute Gasteiger partial charge is 0.325 e. The fraction of sp³-hybridized carbons (Fsp3) is 0.261. The zero-order chi connectivity index (χ0) is 20.2. The molecule has 1 saturated heterocycles. The number of aryl methyl sites for hydroxylation is 1. The van der Waals surface area contributed by atoms with Crippen molar-refractivity contribution in [3.05, 3.63) is 77.4 Å². The van der Waals surface area contributed by atoms with E-state index in [1.807, 2.05) is 30.0 Å². The van der Waals surface area contributed by atoms with Gasteiger partial charge in [0.25, 0.3) is 5.91 Å². The summed E-state index contributed by atoms with van der Waals surface area (Å²) in [5.41, 5.74) is 2.95. The second-order valence-corrected chi connectivity index (χ2v) is 7.13. The zero-order valence-corrected chi connectivity index (χ0v) is 16.2. The Labute approximate surface area is 169 Å². The lowest BCUT2D eigenvalue weighted by Gasteiger charge is -2.33. The number of benzene rings is 2. The Kier molecular flexibility index (Phi) is 5.39. The highest BCUT2D eigenvalue weighted by atomic mass is 19.1. The first-order valence-corrected chi connectivity index (χ1v) is 9.67. The molecule has 146 valence electrons. The summed E-state index contributed by atoms with van der Waals surface area (Å²) in [6.07, 6.45) is 5.97. The Morgan fingerprint density at radius 2 is 1.86 bits per heavy atom. The van der Waals surface area contributed by atoms with Crippen LogP contribution in [0.2, 0.25) is 0 Å². The molecule has 0 saturated carbocycles. The third-order valence-corrected chi connectivity index (χ3v) is 5.01. The maximum absolute atomic E-state index is 13.5. The minimum absolute atomic E-state index is 0.0703. The molecule has 29 heavy (non-hydrogen) atoms. The molecule has 4 rings (SSSR count). The van der Waals surface area contributed by atoms with Crippen molar-refractivity contribution in [2.24, 2.45) is 0 Å². The smallest absolute Gasteiger partial charge is 0.257 e. The third kappa shape index (κ3) is 4.19. The second kappa shape index (κ2) is 8.27. The first-order valence-electron chi connectivity index (χ1n) is 9.67. The van der Waals surface area contributed by atoms with Gasteiger partial charge >= 0.3 is 0 Å². The molecule has 0 aliphatic carbocycles. The van der Waals surface area contributed by atoms with Gasteiger partial charge in [-0.2, -0.15) is 15.0 Å². The van der Waals surface area contributed by atoms with Crippen LogP contribution in [0.4, 0.5) is 4.39 Å². The van der Waals surface area contributed by atoms with E-state index in [4.69, 9.17) is 0 Å². The molecule has 0 bridgehead atoms. The normalized spacial score (nSPS) is 16.2. The van der Waals surface area contributed by atoms with Crippen molar-refractivity contribution in [3.63, 3.8) is 0 Å². The Morgan fingerprint density at radius 1 is 1.10 bits per heavy atom. The first kappa shape index (κ1) is 18.9. The van der Waals surface area contributed by atoms with Crippen LogP contribution in [0.15, 0.2) is 54.9 Å². The summed E-state index contributed by atoms with van der Waals surface area (Å²) in [6.45, 7) is 2.61. The zero-order valence-electron chi connectivity index (χ0n) is 16.2. The summed E-state index contributed by atoms with van der Waals surface area (Å²) >= 11 is 0. The van der Waals surface area contributed by atoms with Gasteiger partial charge in [0.15, 0.2) is 0 Å². The number of piperidine rings is 1. The lowest BCUT2D eigenvalue weighted by atomic mass is 9.99. The fourth-order valence-electron chi connectivity index (χ4n) is 3.51. The average molecular weight is 388 g/mol. The van der Waals surface area contributed by atoms with Crippen molar-refractivity contribution < 1.29 is 9.18 Å². The summed E-state index contributed by atoms with van der Waals surface area (Å²) in [5.74, 6) is 5.95. The van der Waals surface area contributed by atoms with E-state index < -0.39 is 0 Å². The van der Waals surface area contributed by atoms with Crippen LogP contribution < -0.4 is 0 Å². The molecule has 0 N–H and O–H groups in total. The molecule has 1 unspecified atom stereocenters. The molecular weight excluding hydrogens is 367 g/mol. The lowest BCUT2D eigenvalue weighted by Crippen LogP contribution is -2.43. The number of rotatable bonds is 2. The first-order chi connectivity index (χ1) is 14.1. The fourth-order valence-corrected chi connectivity index (χ4v) is 3.51. The molecule has 5 nitrogen and oxygen atoms in total. The monoisotopic (exact) mass is 388 g/mol. The minimum atomic E-state index is -0.288. The van der Waals surface area contributed by atoms with Crippen molar-refractivity contribution in [2.75, 3.05) is 6.54 Å². The van der Waals surface area contributed by atoms with E-state index in [0.29, 0.717) is 17.8 Å². The molecule has 1 aliphatic heterocycles. The van der Waals surface area contributed by atoms with E-state index in [-0.39, 0.29) is 17.8 Å². The van der Waals surface area contributed by atoms with Crippen LogP contribution >= 0.6 is 0 Å². The Hall–Kier alpha value is -3.46. The van der Waals surface area contributed by atoms with E-state index in [9.17, 15) is 9.18 Å². The second-order valence-electron chi connectivity index (χ2n) is 7.13. The van der Waals surface area contributed by atoms with Crippen LogP contribution in [-0.4, -0.2) is 38.4 Å². The number of likely N-dealkylation sites (tertiary alicyclic amines) is 1. The molecule has 1 atom stereocenters. The van der Waals surface area contributed by atoms with Crippen LogP contribution in [0, 0.1) is 24.6 Å². The summed E-state index contributed by atoms with van der Waals surface area (Å²) in [4.78, 5) is 16.8. The molecule has 1 aliphatic rings. The molecule has 2 heterocycles. The van der Waals surface area contributed by atoms with E-state index in [2.05, 4.69) is 22.0 Å². The number of nitrogens with zero attached hydrogens (tertiary/aromatic N) is 4. The number of amides is 1. The molecular formula is C23H21FN4O. The summed E-state index contributed by atoms with van der Waals surface area (Å²) in [7, 11) is 0. The molecule has 6 heteroatoms. The third-order valence-electron chi connectivity index (χ3n) is 5.01. The van der Waals surface area contributed by atoms with Crippen molar-refractivity contribution in [3.8, 4) is 17.5 Å². The Morgan fingerprint density at radius 3 is 2.62 bits per heavy atom. The predicted octanol–water partition coefficient (Wildman–Crippen LogP) is 3.76. The maximum Gasteiger partial charge on any atom is 0.257 e. The predicted molar refractivity (Wildman–Crippen MR) is 108 cm³/mol. The van der Waals surface area contributed by atoms with Crippen LogP contribution in [-0.2, 0) is 0 Å². The van der Waals surface area contributed by atoms with Gasteiger partial charge < -0.3 is 4.90 Å². The number of aromatic nitrogens is 3. The van der Waals surface area contributed by atoms with E-state index in [1.54, 1.807) is 24.5 Å². The van der Waals surface area contributed by atoms with Gasteiger partial charge in [-0.3, -0.25) is 4.79 Å². The van der Waals surface area contributed by atoms with Crippen molar-refractivity contribution in [1.29, 1.82) is 0 Å². The van der Waals surface area contributed by atoms with Gasteiger partial charge in [0.05, 0.1) is 29.7 Å². The highest BCUT2D eigenvalue weighted by Gasteiger charge is 2.28. The summed E-state index contributed by atoms with van der Waals surface area (Å²) in [5, 5.41) is 8.37. The van der Waals surface area contributed by atoms with Gasteiger partial charge in [-0.25, -0.2) is 4.39 Å².